The number of carbonyl (C=O) groups is 2. The van der Waals surface area contributed by atoms with Crippen LogP contribution in [0.2, 0.25) is 0 Å². The quantitative estimate of drug-likeness (QED) is 0.846. The summed E-state index contributed by atoms with van der Waals surface area (Å²) in [5, 5.41) is 3.00. The van der Waals surface area contributed by atoms with Gasteiger partial charge >= 0.3 is 5.97 Å². The summed E-state index contributed by atoms with van der Waals surface area (Å²) in [7, 11) is 1.42. The highest BCUT2D eigenvalue weighted by Gasteiger charge is 2.30. The molecule has 1 aliphatic rings. The van der Waals surface area contributed by atoms with Gasteiger partial charge in [0.1, 0.15) is 0 Å². The molecule has 0 atom stereocenters. The van der Waals surface area contributed by atoms with Crippen LogP contribution in [0.5, 0.6) is 0 Å². The second-order valence-corrected chi connectivity index (χ2v) is 5.60. The summed E-state index contributed by atoms with van der Waals surface area (Å²) in [6, 6.07) is 10.1. The third-order valence-corrected chi connectivity index (χ3v) is 4.19. The standard InChI is InChI=1S/C17H23NO3/c1-21-17(20)15-9-7-14(8-10-15)16(19)18-12-11-13-5-3-2-4-6-13/h2-6,14-15H,7-12H2,1H3,(H,18,19)/t14-,15-. The zero-order valence-corrected chi connectivity index (χ0v) is 12.5. The van der Waals surface area contributed by atoms with E-state index in [2.05, 4.69) is 17.4 Å². The molecule has 0 heterocycles. The number of rotatable bonds is 5. The summed E-state index contributed by atoms with van der Waals surface area (Å²) in [5.41, 5.74) is 1.23. The Labute approximate surface area is 125 Å². The van der Waals surface area contributed by atoms with Gasteiger partial charge in [0.15, 0.2) is 0 Å². The van der Waals surface area contributed by atoms with Crippen LogP contribution in [0.25, 0.3) is 0 Å². The molecule has 1 fully saturated rings. The molecular formula is C17H23NO3. The Morgan fingerprint density at radius 1 is 1.10 bits per heavy atom. The summed E-state index contributed by atoms with van der Waals surface area (Å²) >= 11 is 0. The minimum atomic E-state index is -0.141. The van der Waals surface area contributed by atoms with Gasteiger partial charge < -0.3 is 10.1 Å². The first kappa shape index (κ1) is 15.5. The molecule has 1 aromatic carbocycles. The fourth-order valence-electron chi connectivity index (χ4n) is 2.88. The van der Waals surface area contributed by atoms with Crippen LogP contribution in [-0.4, -0.2) is 25.5 Å². The summed E-state index contributed by atoms with van der Waals surface area (Å²) in [5.74, 6) is -0.00256. The van der Waals surface area contributed by atoms with Crippen molar-refractivity contribution in [1.29, 1.82) is 0 Å². The van der Waals surface area contributed by atoms with Gasteiger partial charge in [0.25, 0.3) is 0 Å². The summed E-state index contributed by atoms with van der Waals surface area (Å²) in [4.78, 5) is 23.6. The van der Waals surface area contributed by atoms with Crippen LogP contribution in [0.3, 0.4) is 0 Å². The molecule has 1 aromatic rings. The lowest BCUT2D eigenvalue weighted by atomic mass is 9.81. The fourth-order valence-corrected chi connectivity index (χ4v) is 2.88. The van der Waals surface area contributed by atoms with Crippen molar-refractivity contribution in [3.05, 3.63) is 35.9 Å². The molecule has 1 aliphatic carbocycles. The molecule has 114 valence electrons. The molecule has 0 spiro atoms. The van der Waals surface area contributed by atoms with Gasteiger partial charge in [-0.05, 0) is 37.7 Å². The highest BCUT2D eigenvalue weighted by Crippen LogP contribution is 2.29. The number of ether oxygens (including phenoxy) is 1. The number of amides is 1. The highest BCUT2D eigenvalue weighted by molar-refractivity contribution is 5.79. The Bertz CT molecular complexity index is 464. The smallest absolute Gasteiger partial charge is 0.308 e. The van der Waals surface area contributed by atoms with E-state index in [0.717, 1.165) is 32.1 Å². The molecule has 0 saturated heterocycles. The number of esters is 1. The minimum Gasteiger partial charge on any atom is -0.469 e. The summed E-state index contributed by atoms with van der Waals surface area (Å²) in [6.07, 6.45) is 3.91. The molecule has 21 heavy (non-hydrogen) atoms. The fraction of sp³-hybridized carbons (Fsp3) is 0.529. The van der Waals surface area contributed by atoms with Gasteiger partial charge in [-0.3, -0.25) is 9.59 Å². The van der Waals surface area contributed by atoms with Crippen LogP contribution in [0.1, 0.15) is 31.2 Å². The molecule has 0 bridgehead atoms. The van der Waals surface area contributed by atoms with E-state index in [-0.39, 0.29) is 23.7 Å². The first-order valence-corrected chi connectivity index (χ1v) is 7.60. The van der Waals surface area contributed by atoms with Crippen molar-refractivity contribution in [2.75, 3.05) is 13.7 Å². The number of methoxy groups -OCH3 is 1. The van der Waals surface area contributed by atoms with E-state index in [1.165, 1.54) is 12.7 Å². The summed E-state index contributed by atoms with van der Waals surface area (Å²) < 4.78 is 4.76. The maximum atomic E-state index is 12.1. The van der Waals surface area contributed by atoms with Crippen LogP contribution in [0.15, 0.2) is 30.3 Å². The van der Waals surface area contributed by atoms with E-state index in [9.17, 15) is 9.59 Å². The first-order valence-electron chi connectivity index (χ1n) is 7.60. The molecule has 2 rings (SSSR count). The van der Waals surface area contributed by atoms with Crippen LogP contribution < -0.4 is 5.32 Å². The van der Waals surface area contributed by atoms with Crippen molar-refractivity contribution in [3.8, 4) is 0 Å². The topological polar surface area (TPSA) is 55.4 Å². The molecule has 1 amide bonds. The van der Waals surface area contributed by atoms with E-state index in [4.69, 9.17) is 4.74 Å². The maximum absolute atomic E-state index is 12.1. The Kier molecular flexibility index (Phi) is 5.78. The van der Waals surface area contributed by atoms with Crippen molar-refractivity contribution in [1.82, 2.24) is 5.32 Å². The zero-order valence-electron chi connectivity index (χ0n) is 12.5. The van der Waals surface area contributed by atoms with Crippen molar-refractivity contribution < 1.29 is 14.3 Å². The molecule has 0 aliphatic heterocycles. The monoisotopic (exact) mass is 289 g/mol. The predicted octanol–water partition coefficient (Wildman–Crippen LogP) is 2.32. The van der Waals surface area contributed by atoms with Crippen molar-refractivity contribution in [2.24, 2.45) is 11.8 Å². The van der Waals surface area contributed by atoms with E-state index in [1.807, 2.05) is 18.2 Å². The molecular weight excluding hydrogens is 266 g/mol. The normalized spacial score (nSPS) is 21.6. The van der Waals surface area contributed by atoms with Gasteiger partial charge in [0, 0.05) is 12.5 Å². The van der Waals surface area contributed by atoms with Gasteiger partial charge in [-0.15, -0.1) is 0 Å². The number of hydrogen-bond donors (Lipinski definition) is 1. The number of hydrogen-bond acceptors (Lipinski definition) is 3. The first-order chi connectivity index (χ1) is 10.2. The van der Waals surface area contributed by atoms with Crippen LogP contribution in [-0.2, 0) is 20.7 Å². The van der Waals surface area contributed by atoms with E-state index >= 15 is 0 Å². The lowest BCUT2D eigenvalue weighted by molar-refractivity contribution is -0.147. The Morgan fingerprint density at radius 3 is 2.33 bits per heavy atom. The van der Waals surface area contributed by atoms with Crippen molar-refractivity contribution >= 4 is 11.9 Å². The van der Waals surface area contributed by atoms with Gasteiger partial charge in [-0.25, -0.2) is 0 Å². The average molecular weight is 289 g/mol. The van der Waals surface area contributed by atoms with E-state index in [0.29, 0.717) is 6.54 Å². The molecule has 1 N–H and O–H groups in total. The maximum Gasteiger partial charge on any atom is 0.308 e. The molecule has 0 radical (unpaired) electrons. The summed E-state index contributed by atoms with van der Waals surface area (Å²) in [6.45, 7) is 0.666. The predicted molar refractivity (Wildman–Crippen MR) is 80.6 cm³/mol. The van der Waals surface area contributed by atoms with Gasteiger partial charge in [-0.2, -0.15) is 0 Å². The molecule has 0 aromatic heterocycles. The van der Waals surface area contributed by atoms with Crippen molar-refractivity contribution in [2.45, 2.75) is 32.1 Å². The van der Waals surface area contributed by atoms with Gasteiger partial charge in [0.05, 0.1) is 13.0 Å². The van der Waals surface area contributed by atoms with Crippen molar-refractivity contribution in [3.63, 3.8) is 0 Å². The van der Waals surface area contributed by atoms with E-state index in [1.54, 1.807) is 0 Å². The van der Waals surface area contributed by atoms with Crippen LogP contribution in [0, 0.1) is 11.8 Å². The second-order valence-electron chi connectivity index (χ2n) is 5.60. The molecule has 0 unspecified atom stereocenters. The minimum absolute atomic E-state index is 0.0247. The Hall–Kier alpha value is -1.84. The van der Waals surface area contributed by atoms with Crippen LogP contribution >= 0.6 is 0 Å². The average Bonchev–Trinajstić information content (AvgIpc) is 2.55. The lowest BCUT2D eigenvalue weighted by Crippen LogP contribution is -2.35. The van der Waals surface area contributed by atoms with Gasteiger partial charge in [-0.1, -0.05) is 30.3 Å². The third kappa shape index (κ3) is 4.59. The molecule has 1 saturated carbocycles. The SMILES string of the molecule is COC(=O)[C@H]1CC[C@H](C(=O)NCCc2ccccc2)CC1. The second kappa shape index (κ2) is 7.81. The Balaban J connectivity index is 1.69. The van der Waals surface area contributed by atoms with Crippen LogP contribution in [0.4, 0.5) is 0 Å². The number of carbonyl (C=O) groups excluding carboxylic acids is 2. The third-order valence-electron chi connectivity index (χ3n) is 4.19. The number of benzene rings is 1. The number of nitrogens with one attached hydrogen (secondary N) is 1. The largest absolute Gasteiger partial charge is 0.469 e. The molecule has 4 heteroatoms. The molecule has 4 nitrogen and oxygen atoms in total. The van der Waals surface area contributed by atoms with Gasteiger partial charge in [0.2, 0.25) is 5.91 Å². The van der Waals surface area contributed by atoms with E-state index < -0.39 is 0 Å². The lowest BCUT2D eigenvalue weighted by Gasteiger charge is -2.26. The highest BCUT2D eigenvalue weighted by atomic mass is 16.5. The Morgan fingerprint density at radius 2 is 1.71 bits per heavy atom. The zero-order chi connectivity index (χ0) is 15.1.